The molecule has 0 bridgehead atoms. The highest BCUT2D eigenvalue weighted by Gasteiger charge is 2.52. The highest BCUT2D eigenvalue weighted by molar-refractivity contribution is 6.19. The minimum absolute atomic E-state index is 0.201. The van der Waals surface area contributed by atoms with Crippen LogP contribution in [-0.4, -0.2) is 42.7 Å². The van der Waals surface area contributed by atoms with E-state index in [1.165, 1.54) is 26.0 Å². The number of anilines is 2. The van der Waals surface area contributed by atoms with Crippen molar-refractivity contribution in [1.82, 2.24) is 4.98 Å². The van der Waals surface area contributed by atoms with Gasteiger partial charge in [-0.3, -0.25) is 14.5 Å². The van der Waals surface area contributed by atoms with E-state index in [0.29, 0.717) is 28.8 Å². The van der Waals surface area contributed by atoms with E-state index in [1.807, 2.05) is 13.8 Å². The van der Waals surface area contributed by atoms with Crippen LogP contribution < -0.4 is 24.4 Å². The van der Waals surface area contributed by atoms with Crippen LogP contribution in [0.15, 0.2) is 36.5 Å². The smallest absolute Gasteiger partial charge is 0.282 e. The molecule has 0 unspecified atom stereocenters. The van der Waals surface area contributed by atoms with Crippen molar-refractivity contribution in [2.24, 2.45) is 0 Å². The fourth-order valence-electron chi connectivity index (χ4n) is 3.00. The van der Waals surface area contributed by atoms with Crippen molar-refractivity contribution < 1.29 is 23.8 Å². The molecule has 1 N–H and O–H groups in total. The van der Waals surface area contributed by atoms with E-state index >= 15 is 0 Å². The van der Waals surface area contributed by atoms with Gasteiger partial charge in [0.2, 0.25) is 0 Å². The van der Waals surface area contributed by atoms with Gasteiger partial charge >= 0.3 is 0 Å². The molecule has 8 nitrogen and oxygen atoms in total. The summed E-state index contributed by atoms with van der Waals surface area (Å²) in [4.78, 5) is 32.0. The van der Waals surface area contributed by atoms with Gasteiger partial charge in [0.25, 0.3) is 17.4 Å². The van der Waals surface area contributed by atoms with Gasteiger partial charge in [0.05, 0.1) is 19.9 Å². The van der Waals surface area contributed by atoms with Crippen LogP contribution in [0.4, 0.5) is 11.5 Å². The summed E-state index contributed by atoms with van der Waals surface area (Å²) in [6.45, 7) is 5.16. The van der Waals surface area contributed by atoms with Crippen LogP contribution >= 0.6 is 0 Å². The van der Waals surface area contributed by atoms with Gasteiger partial charge in [-0.15, -0.1) is 0 Å². The molecule has 0 spiro atoms. The molecule has 2 aromatic rings. The third kappa shape index (κ3) is 3.21. The summed E-state index contributed by atoms with van der Waals surface area (Å²) in [5.74, 6) is 0.657. The molecular weight excluding hydrogens is 362 g/mol. The minimum Gasteiger partial charge on any atom is -0.497 e. The number of fused-ring (bicyclic) bond motifs is 1. The SMILES string of the molecule is COc1ccc(NC(=O)[C@]2(C)Oc3cccnc3N(C(C)C)C2=O)c(OC)c1. The van der Waals surface area contributed by atoms with E-state index in [-0.39, 0.29) is 6.04 Å². The average molecular weight is 385 g/mol. The van der Waals surface area contributed by atoms with Gasteiger partial charge < -0.3 is 19.5 Å². The molecule has 148 valence electrons. The molecule has 2 heterocycles. The monoisotopic (exact) mass is 385 g/mol. The van der Waals surface area contributed by atoms with Gasteiger partial charge in [0, 0.05) is 18.3 Å². The Morgan fingerprint density at radius 1 is 1.25 bits per heavy atom. The second-order valence-corrected chi connectivity index (χ2v) is 6.75. The summed E-state index contributed by atoms with van der Waals surface area (Å²) in [6.07, 6.45) is 1.58. The standard InChI is InChI=1S/C20H23N3O5/c1-12(2)23-17-15(7-6-10-21-17)28-20(3,19(23)25)18(24)22-14-9-8-13(26-4)11-16(14)27-5/h6-12H,1-5H3,(H,22,24)/t20-/m0/s1. The molecule has 8 heteroatoms. The largest absolute Gasteiger partial charge is 0.497 e. The number of carbonyl (C=O) groups excluding carboxylic acids is 2. The van der Waals surface area contributed by atoms with E-state index in [0.717, 1.165) is 0 Å². The number of aromatic nitrogens is 1. The van der Waals surface area contributed by atoms with Crippen molar-refractivity contribution in [3.05, 3.63) is 36.5 Å². The molecule has 0 fully saturated rings. The van der Waals surface area contributed by atoms with E-state index < -0.39 is 17.4 Å². The first-order chi connectivity index (χ1) is 13.3. The normalized spacial score (nSPS) is 18.4. The Balaban J connectivity index is 1.96. The number of nitrogens with zero attached hydrogens (tertiary/aromatic N) is 2. The first-order valence-electron chi connectivity index (χ1n) is 8.83. The number of methoxy groups -OCH3 is 2. The van der Waals surface area contributed by atoms with Crippen LogP contribution in [0.5, 0.6) is 17.2 Å². The number of hydrogen-bond donors (Lipinski definition) is 1. The van der Waals surface area contributed by atoms with Crippen molar-refractivity contribution in [2.75, 3.05) is 24.4 Å². The minimum atomic E-state index is -1.76. The Morgan fingerprint density at radius 2 is 2.00 bits per heavy atom. The molecule has 1 aliphatic heterocycles. The van der Waals surface area contributed by atoms with Gasteiger partial charge in [0.1, 0.15) is 11.5 Å². The number of ether oxygens (including phenoxy) is 3. The summed E-state index contributed by atoms with van der Waals surface area (Å²) in [7, 11) is 3.02. The van der Waals surface area contributed by atoms with Gasteiger partial charge in [-0.2, -0.15) is 0 Å². The lowest BCUT2D eigenvalue weighted by Gasteiger charge is -2.40. The second-order valence-electron chi connectivity index (χ2n) is 6.75. The van der Waals surface area contributed by atoms with Crippen molar-refractivity contribution in [1.29, 1.82) is 0 Å². The van der Waals surface area contributed by atoms with Crippen LogP contribution in [-0.2, 0) is 9.59 Å². The molecule has 2 amide bonds. The Hall–Kier alpha value is -3.29. The maximum Gasteiger partial charge on any atom is 0.282 e. The van der Waals surface area contributed by atoms with Crippen LogP contribution in [0.1, 0.15) is 20.8 Å². The predicted molar refractivity (Wildman–Crippen MR) is 104 cm³/mol. The highest BCUT2D eigenvalue weighted by atomic mass is 16.5. The number of amides is 2. The fourth-order valence-corrected chi connectivity index (χ4v) is 3.00. The van der Waals surface area contributed by atoms with Crippen LogP contribution in [0.2, 0.25) is 0 Å². The number of benzene rings is 1. The number of nitrogens with one attached hydrogen (secondary N) is 1. The highest BCUT2D eigenvalue weighted by Crippen LogP contribution is 2.38. The average Bonchev–Trinajstić information content (AvgIpc) is 2.68. The lowest BCUT2D eigenvalue weighted by Crippen LogP contribution is -2.62. The van der Waals surface area contributed by atoms with Crippen LogP contribution in [0.25, 0.3) is 0 Å². The molecule has 1 aromatic carbocycles. The number of pyridine rings is 1. The van der Waals surface area contributed by atoms with Crippen molar-refractivity contribution >= 4 is 23.3 Å². The van der Waals surface area contributed by atoms with Gasteiger partial charge in [-0.25, -0.2) is 4.98 Å². The molecular formula is C20H23N3O5. The number of carbonyl (C=O) groups is 2. The maximum absolute atomic E-state index is 13.2. The van der Waals surface area contributed by atoms with E-state index in [9.17, 15) is 9.59 Å². The van der Waals surface area contributed by atoms with E-state index in [2.05, 4.69) is 10.3 Å². The van der Waals surface area contributed by atoms with Crippen molar-refractivity contribution in [3.63, 3.8) is 0 Å². The lowest BCUT2D eigenvalue weighted by molar-refractivity contribution is -0.145. The van der Waals surface area contributed by atoms with Gasteiger partial charge in [-0.1, -0.05) is 0 Å². The molecule has 28 heavy (non-hydrogen) atoms. The predicted octanol–water partition coefficient (Wildman–Crippen LogP) is 2.63. The molecule has 0 aliphatic carbocycles. The summed E-state index contributed by atoms with van der Waals surface area (Å²) in [6, 6.07) is 8.14. The summed E-state index contributed by atoms with van der Waals surface area (Å²) in [5.41, 5.74) is -1.36. The van der Waals surface area contributed by atoms with E-state index in [1.54, 1.807) is 36.5 Å². The molecule has 0 radical (unpaired) electrons. The number of rotatable bonds is 5. The van der Waals surface area contributed by atoms with Gasteiger partial charge in [0.15, 0.2) is 11.6 Å². The third-order valence-electron chi connectivity index (χ3n) is 4.53. The zero-order valence-electron chi connectivity index (χ0n) is 16.5. The molecule has 1 aromatic heterocycles. The molecule has 0 saturated heterocycles. The third-order valence-corrected chi connectivity index (χ3v) is 4.53. The van der Waals surface area contributed by atoms with Gasteiger partial charge in [-0.05, 0) is 45.0 Å². The summed E-state index contributed by atoms with van der Waals surface area (Å²) in [5, 5.41) is 2.73. The first kappa shape index (κ1) is 19.5. The molecule has 1 aliphatic rings. The molecule has 3 rings (SSSR count). The quantitative estimate of drug-likeness (QED) is 0.796. The van der Waals surface area contributed by atoms with Crippen LogP contribution in [0.3, 0.4) is 0 Å². The fraction of sp³-hybridized carbons (Fsp3) is 0.350. The first-order valence-corrected chi connectivity index (χ1v) is 8.83. The zero-order valence-corrected chi connectivity index (χ0v) is 16.5. The molecule has 0 saturated carbocycles. The maximum atomic E-state index is 13.2. The Kier molecular flexibility index (Phi) is 5.13. The summed E-state index contributed by atoms with van der Waals surface area (Å²) >= 11 is 0. The summed E-state index contributed by atoms with van der Waals surface area (Å²) < 4.78 is 16.3. The number of hydrogen-bond acceptors (Lipinski definition) is 6. The zero-order chi connectivity index (χ0) is 20.5. The topological polar surface area (TPSA) is 90.0 Å². The van der Waals surface area contributed by atoms with Crippen LogP contribution in [0, 0.1) is 0 Å². The van der Waals surface area contributed by atoms with Crippen molar-refractivity contribution in [3.8, 4) is 17.2 Å². The Morgan fingerprint density at radius 3 is 2.64 bits per heavy atom. The second kappa shape index (κ2) is 7.38. The molecule has 1 atom stereocenters. The van der Waals surface area contributed by atoms with Crippen molar-refractivity contribution in [2.45, 2.75) is 32.4 Å². The Bertz CT molecular complexity index is 914. The lowest BCUT2D eigenvalue weighted by atomic mass is 9.99. The Labute approximate surface area is 163 Å². The van der Waals surface area contributed by atoms with E-state index in [4.69, 9.17) is 14.2 Å².